The zero-order valence-corrected chi connectivity index (χ0v) is 18.0. The van der Waals surface area contributed by atoms with Crippen molar-refractivity contribution in [3.63, 3.8) is 0 Å². The highest BCUT2D eigenvalue weighted by Crippen LogP contribution is 2.33. The van der Waals surface area contributed by atoms with Crippen LogP contribution in [0.3, 0.4) is 0 Å². The first-order valence-electron chi connectivity index (χ1n) is 9.79. The minimum Gasteiger partial charge on any atom is -0.493 e. The number of furan rings is 1. The Kier molecular flexibility index (Phi) is 5.19. The molecular weight excluding hydrogens is 398 g/mol. The van der Waals surface area contributed by atoms with Crippen molar-refractivity contribution in [2.24, 2.45) is 0 Å². The number of hydrogen-bond acceptors (Lipinski definition) is 6. The van der Waals surface area contributed by atoms with E-state index in [0.29, 0.717) is 33.9 Å². The molecule has 1 amide bonds. The molecule has 4 aromatic rings. The van der Waals surface area contributed by atoms with Crippen LogP contribution in [0, 0.1) is 20.8 Å². The molecule has 160 valence electrons. The molecule has 1 N–H and O–H groups in total. The molecule has 31 heavy (non-hydrogen) atoms. The van der Waals surface area contributed by atoms with Gasteiger partial charge in [-0.3, -0.25) is 4.79 Å². The molecular formula is C24H23NO6. The number of carbonyl (C=O) groups is 1. The van der Waals surface area contributed by atoms with Crippen LogP contribution in [0.25, 0.3) is 21.9 Å². The van der Waals surface area contributed by atoms with E-state index in [-0.39, 0.29) is 12.3 Å². The molecule has 2 aromatic carbocycles. The predicted molar refractivity (Wildman–Crippen MR) is 118 cm³/mol. The number of benzene rings is 2. The molecule has 0 bridgehead atoms. The van der Waals surface area contributed by atoms with E-state index in [4.69, 9.17) is 18.3 Å². The molecule has 4 rings (SSSR count). The van der Waals surface area contributed by atoms with Crippen molar-refractivity contribution in [3.8, 4) is 11.5 Å². The molecule has 0 aliphatic heterocycles. The van der Waals surface area contributed by atoms with Crippen molar-refractivity contribution in [1.82, 2.24) is 0 Å². The monoisotopic (exact) mass is 421 g/mol. The van der Waals surface area contributed by atoms with Gasteiger partial charge in [0.2, 0.25) is 5.91 Å². The quantitative estimate of drug-likeness (QED) is 0.471. The molecule has 0 saturated heterocycles. The smallest absolute Gasteiger partial charge is 0.340 e. The predicted octanol–water partition coefficient (Wildman–Crippen LogP) is 4.66. The minimum absolute atomic E-state index is 0.111. The normalized spacial score (nSPS) is 11.1. The van der Waals surface area contributed by atoms with E-state index in [0.717, 1.165) is 27.5 Å². The summed E-state index contributed by atoms with van der Waals surface area (Å²) in [5.41, 5.74) is 4.00. The molecule has 0 spiro atoms. The van der Waals surface area contributed by atoms with Crippen LogP contribution in [0.4, 0.5) is 5.69 Å². The van der Waals surface area contributed by atoms with Gasteiger partial charge in [0.05, 0.1) is 32.5 Å². The van der Waals surface area contributed by atoms with Crippen molar-refractivity contribution in [1.29, 1.82) is 0 Å². The molecule has 0 aliphatic rings. The van der Waals surface area contributed by atoms with Gasteiger partial charge in [-0.2, -0.15) is 0 Å². The molecule has 0 fully saturated rings. The molecule has 0 radical (unpaired) electrons. The van der Waals surface area contributed by atoms with Gasteiger partial charge in [0, 0.05) is 28.1 Å². The number of ether oxygens (including phenoxy) is 2. The van der Waals surface area contributed by atoms with E-state index < -0.39 is 5.63 Å². The Labute approximate surface area is 178 Å². The van der Waals surface area contributed by atoms with Gasteiger partial charge in [-0.1, -0.05) is 0 Å². The summed E-state index contributed by atoms with van der Waals surface area (Å²) in [6.07, 6.45) is 1.57. The highest BCUT2D eigenvalue weighted by Gasteiger charge is 2.19. The zero-order chi connectivity index (χ0) is 22.3. The second-order valence-corrected chi connectivity index (χ2v) is 7.46. The van der Waals surface area contributed by atoms with Crippen LogP contribution in [0.2, 0.25) is 0 Å². The fourth-order valence-corrected chi connectivity index (χ4v) is 3.80. The second kappa shape index (κ2) is 7.83. The number of nitrogens with one attached hydrogen (secondary N) is 1. The van der Waals surface area contributed by atoms with E-state index >= 15 is 0 Å². The standard InChI is InChI=1S/C24H23NO6/c1-12-11-30-22-14(3)23-17(9-16(12)22)13(2)18(24(27)31-23)10-21(26)25-15-6-7-19(28-4)20(8-15)29-5/h6-9,11H,10H2,1-5H3,(H,25,26). The third kappa shape index (κ3) is 3.52. The SMILES string of the molecule is COc1ccc(NC(=O)Cc2c(C)c3cc4c(C)coc4c(C)c3oc2=O)cc1OC. The molecule has 0 saturated carbocycles. The van der Waals surface area contributed by atoms with Gasteiger partial charge in [0.15, 0.2) is 11.5 Å². The van der Waals surface area contributed by atoms with Gasteiger partial charge in [-0.25, -0.2) is 4.79 Å². The first kappa shape index (κ1) is 20.5. The fraction of sp³-hybridized carbons (Fsp3) is 0.250. The van der Waals surface area contributed by atoms with Gasteiger partial charge in [0.1, 0.15) is 11.2 Å². The number of fused-ring (bicyclic) bond motifs is 2. The number of carbonyl (C=O) groups excluding carboxylic acids is 1. The molecule has 0 atom stereocenters. The van der Waals surface area contributed by atoms with Crippen LogP contribution in [0.15, 0.2) is 44.2 Å². The minimum atomic E-state index is -0.529. The Bertz CT molecular complexity index is 1380. The lowest BCUT2D eigenvalue weighted by atomic mass is 9.99. The molecule has 2 heterocycles. The number of hydrogen-bond donors (Lipinski definition) is 1. The first-order valence-corrected chi connectivity index (χ1v) is 9.79. The van der Waals surface area contributed by atoms with Crippen LogP contribution in [0.1, 0.15) is 22.3 Å². The average molecular weight is 421 g/mol. The third-order valence-corrected chi connectivity index (χ3v) is 5.54. The Balaban J connectivity index is 1.70. The number of rotatable bonds is 5. The average Bonchev–Trinajstić information content (AvgIpc) is 3.13. The van der Waals surface area contributed by atoms with Crippen molar-refractivity contribution in [3.05, 3.63) is 63.2 Å². The van der Waals surface area contributed by atoms with Crippen LogP contribution < -0.4 is 20.4 Å². The summed E-state index contributed by atoms with van der Waals surface area (Å²) in [5, 5.41) is 4.55. The van der Waals surface area contributed by atoms with Crippen molar-refractivity contribution in [2.75, 3.05) is 19.5 Å². The number of aryl methyl sites for hydroxylation is 3. The zero-order valence-electron chi connectivity index (χ0n) is 18.0. The number of methoxy groups -OCH3 is 2. The van der Waals surface area contributed by atoms with Crippen molar-refractivity contribution in [2.45, 2.75) is 27.2 Å². The van der Waals surface area contributed by atoms with E-state index in [1.54, 1.807) is 31.6 Å². The van der Waals surface area contributed by atoms with Crippen LogP contribution >= 0.6 is 0 Å². The Hall–Kier alpha value is -3.74. The van der Waals surface area contributed by atoms with E-state index in [2.05, 4.69) is 5.32 Å². The largest absolute Gasteiger partial charge is 0.493 e. The topological polar surface area (TPSA) is 90.9 Å². The first-order chi connectivity index (χ1) is 14.8. The van der Waals surface area contributed by atoms with E-state index in [1.807, 2.05) is 26.8 Å². The summed E-state index contributed by atoms with van der Waals surface area (Å²) in [6, 6.07) is 7.01. The summed E-state index contributed by atoms with van der Waals surface area (Å²) in [4.78, 5) is 25.4. The highest BCUT2D eigenvalue weighted by molar-refractivity contribution is 6.00. The number of amides is 1. The molecule has 7 nitrogen and oxygen atoms in total. The van der Waals surface area contributed by atoms with Gasteiger partial charge in [-0.05, 0) is 50.1 Å². The van der Waals surface area contributed by atoms with E-state index in [1.165, 1.54) is 7.11 Å². The van der Waals surface area contributed by atoms with Crippen LogP contribution in [-0.2, 0) is 11.2 Å². The van der Waals surface area contributed by atoms with Gasteiger partial charge in [0.25, 0.3) is 0 Å². The maximum Gasteiger partial charge on any atom is 0.340 e. The maximum atomic E-state index is 12.7. The van der Waals surface area contributed by atoms with E-state index in [9.17, 15) is 9.59 Å². The van der Waals surface area contributed by atoms with Crippen LogP contribution in [0.5, 0.6) is 11.5 Å². The van der Waals surface area contributed by atoms with Crippen LogP contribution in [-0.4, -0.2) is 20.1 Å². The molecule has 2 aromatic heterocycles. The molecule has 7 heteroatoms. The summed E-state index contributed by atoms with van der Waals surface area (Å²) in [7, 11) is 3.06. The number of anilines is 1. The maximum absolute atomic E-state index is 12.7. The second-order valence-electron chi connectivity index (χ2n) is 7.46. The third-order valence-electron chi connectivity index (χ3n) is 5.54. The Morgan fingerprint density at radius 1 is 0.968 bits per heavy atom. The lowest BCUT2D eigenvalue weighted by Gasteiger charge is -2.12. The van der Waals surface area contributed by atoms with Gasteiger partial charge in [-0.15, -0.1) is 0 Å². The molecule has 0 aliphatic carbocycles. The summed E-state index contributed by atoms with van der Waals surface area (Å²) >= 11 is 0. The Morgan fingerprint density at radius 3 is 2.42 bits per heavy atom. The molecule has 0 unspecified atom stereocenters. The van der Waals surface area contributed by atoms with Crippen molar-refractivity contribution < 1.29 is 23.1 Å². The lowest BCUT2D eigenvalue weighted by molar-refractivity contribution is -0.115. The van der Waals surface area contributed by atoms with Crippen molar-refractivity contribution >= 4 is 33.5 Å². The lowest BCUT2D eigenvalue weighted by Crippen LogP contribution is -2.20. The van der Waals surface area contributed by atoms with Gasteiger partial charge < -0.3 is 23.6 Å². The van der Waals surface area contributed by atoms with Gasteiger partial charge >= 0.3 is 5.63 Å². The fourth-order valence-electron chi connectivity index (χ4n) is 3.80. The summed E-state index contributed by atoms with van der Waals surface area (Å²) < 4.78 is 21.7. The highest BCUT2D eigenvalue weighted by atomic mass is 16.5. The summed E-state index contributed by atoms with van der Waals surface area (Å²) in [5.74, 6) is 0.721. The Morgan fingerprint density at radius 2 is 1.71 bits per heavy atom. The summed E-state index contributed by atoms with van der Waals surface area (Å²) in [6.45, 7) is 5.65.